The maximum Gasteiger partial charge on any atom is 0.251 e. The molecule has 0 bridgehead atoms. The summed E-state index contributed by atoms with van der Waals surface area (Å²) in [6, 6.07) is 11.2. The summed E-state index contributed by atoms with van der Waals surface area (Å²) in [5, 5.41) is 12.0. The molecule has 134 valence electrons. The number of benzene rings is 1. The van der Waals surface area contributed by atoms with E-state index in [1.807, 2.05) is 41.8 Å². The molecule has 0 aliphatic rings. The van der Waals surface area contributed by atoms with Crippen LogP contribution in [0.15, 0.2) is 64.9 Å². The molecule has 0 atom stereocenters. The van der Waals surface area contributed by atoms with Crippen LogP contribution < -0.4 is 5.32 Å². The minimum Gasteiger partial charge on any atom is -0.467 e. The first-order valence-corrected chi connectivity index (χ1v) is 9.19. The van der Waals surface area contributed by atoms with Gasteiger partial charge in [-0.1, -0.05) is 30.0 Å². The van der Waals surface area contributed by atoms with Gasteiger partial charge in [-0.15, -0.1) is 16.8 Å². The van der Waals surface area contributed by atoms with Crippen molar-refractivity contribution >= 4 is 17.7 Å². The zero-order chi connectivity index (χ0) is 18.4. The van der Waals surface area contributed by atoms with Crippen molar-refractivity contribution in [2.45, 2.75) is 30.9 Å². The average molecular weight is 368 g/mol. The molecular weight excluding hydrogens is 348 g/mol. The fourth-order valence-corrected chi connectivity index (χ4v) is 3.38. The maximum atomic E-state index is 12.3. The molecule has 0 aliphatic heterocycles. The standard InChI is InChI=1S/C19H20N4O2S/c1-3-9-23-14(2)21-22-19(23)26-13-15-6-4-7-16(11-15)18(24)20-12-17-8-5-10-25-17/h3-8,10-11H,1,9,12-13H2,2H3,(H,20,24). The van der Waals surface area contributed by atoms with Gasteiger partial charge in [-0.2, -0.15) is 0 Å². The van der Waals surface area contributed by atoms with E-state index in [1.54, 1.807) is 30.2 Å². The van der Waals surface area contributed by atoms with Gasteiger partial charge in [0.05, 0.1) is 12.8 Å². The number of carbonyl (C=O) groups is 1. The van der Waals surface area contributed by atoms with Crippen LogP contribution in [0.1, 0.15) is 27.5 Å². The SMILES string of the molecule is C=CCn1c(C)nnc1SCc1cccc(C(=O)NCc2ccco2)c1. The Morgan fingerprint density at radius 2 is 2.23 bits per heavy atom. The fraction of sp³-hybridized carbons (Fsp3) is 0.211. The molecule has 7 heteroatoms. The van der Waals surface area contributed by atoms with E-state index in [4.69, 9.17) is 4.42 Å². The second-order valence-corrected chi connectivity index (χ2v) is 6.62. The summed E-state index contributed by atoms with van der Waals surface area (Å²) in [5.74, 6) is 2.16. The zero-order valence-electron chi connectivity index (χ0n) is 14.5. The van der Waals surface area contributed by atoms with Gasteiger partial charge in [0, 0.05) is 17.9 Å². The number of aryl methyl sites for hydroxylation is 1. The van der Waals surface area contributed by atoms with Gasteiger partial charge in [0.25, 0.3) is 5.91 Å². The highest BCUT2D eigenvalue weighted by molar-refractivity contribution is 7.98. The number of amides is 1. The molecule has 3 rings (SSSR count). The van der Waals surface area contributed by atoms with Crippen LogP contribution in [0, 0.1) is 6.92 Å². The molecule has 3 aromatic rings. The predicted octanol–water partition coefficient (Wildman–Crippen LogP) is 3.59. The van der Waals surface area contributed by atoms with E-state index in [1.165, 1.54) is 0 Å². The first-order chi connectivity index (χ1) is 12.7. The quantitative estimate of drug-likeness (QED) is 0.486. The summed E-state index contributed by atoms with van der Waals surface area (Å²) >= 11 is 1.59. The molecule has 2 heterocycles. The number of nitrogens with zero attached hydrogens (tertiary/aromatic N) is 3. The van der Waals surface area contributed by atoms with Crippen molar-refractivity contribution < 1.29 is 9.21 Å². The molecule has 0 radical (unpaired) electrons. The monoisotopic (exact) mass is 368 g/mol. The molecule has 0 fully saturated rings. The molecule has 0 unspecified atom stereocenters. The summed E-state index contributed by atoms with van der Waals surface area (Å²) in [6.07, 6.45) is 3.41. The van der Waals surface area contributed by atoms with Crippen LogP contribution in [-0.4, -0.2) is 20.7 Å². The van der Waals surface area contributed by atoms with Crippen molar-refractivity contribution in [3.8, 4) is 0 Å². The van der Waals surface area contributed by atoms with Gasteiger partial charge in [0.15, 0.2) is 5.16 Å². The van der Waals surface area contributed by atoms with Gasteiger partial charge in [-0.05, 0) is 36.8 Å². The number of nitrogens with one attached hydrogen (secondary N) is 1. The number of hydrogen-bond donors (Lipinski definition) is 1. The van der Waals surface area contributed by atoms with Crippen LogP contribution in [0.25, 0.3) is 0 Å². The van der Waals surface area contributed by atoms with Gasteiger partial charge in [-0.25, -0.2) is 0 Å². The first-order valence-electron chi connectivity index (χ1n) is 8.20. The average Bonchev–Trinajstić information content (AvgIpc) is 3.29. The summed E-state index contributed by atoms with van der Waals surface area (Å²) in [7, 11) is 0. The Morgan fingerprint density at radius 3 is 3.00 bits per heavy atom. The van der Waals surface area contributed by atoms with E-state index in [-0.39, 0.29) is 5.91 Å². The zero-order valence-corrected chi connectivity index (χ0v) is 15.3. The molecule has 1 aromatic carbocycles. The summed E-state index contributed by atoms with van der Waals surface area (Å²) in [6.45, 7) is 6.73. The lowest BCUT2D eigenvalue weighted by molar-refractivity contribution is 0.0948. The fourth-order valence-electron chi connectivity index (χ4n) is 2.44. The number of carbonyl (C=O) groups excluding carboxylic acids is 1. The van der Waals surface area contributed by atoms with Crippen LogP contribution in [-0.2, 0) is 18.8 Å². The van der Waals surface area contributed by atoms with Crippen LogP contribution in [0.5, 0.6) is 0 Å². The molecule has 1 N–H and O–H groups in total. The molecule has 0 spiro atoms. The summed E-state index contributed by atoms with van der Waals surface area (Å²) in [4.78, 5) is 12.3. The Balaban J connectivity index is 1.62. The highest BCUT2D eigenvalue weighted by atomic mass is 32.2. The van der Waals surface area contributed by atoms with Gasteiger partial charge in [0.1, 0.15) is 11.6 Å². The largest absolute Gasteiger partial charge is 0.467 e. The van der Waals surface area contributed by atoms with E-state index in [0.29, 0.717) is 24.4 Å². The maximum absolute atomic E-state index is 12.3. The number of hydrogen-bond acceptors (Lipinski definition) is 5. The molecule has 0 saturated carbocycles. The highest BCUT2D eigenvalue weighted by Crippen LogP contribution is 2.22. The van der Waals surface area contributed by atoms with E-state index in [2.05, 4.69) is 22.1 Å². The van der Waals surface area contributed by atoms with Gasteiger partial charge >= 0.3 is 0 Å². The Morgan fingerprint density at radius 1 is 1.35 bits per heavy atom. The summed E-state index contributed by atoms with van der Waals surface area (Å²) in [5.41, 5.74) is 1.67. The molecule has 0 saturated heterocycles. The van der Waals surface area contributed by atoms with Crippen molar-refractivity contribution in [1.82, 2.24) is 20.1 Å². The number of rotatable bonds is 8. The van der Waals surface area contributed by atoms with Crippen LogP contribution in [0.4, 0.5) is 0 Å². The van der Waals surface area contributed by atoms with Crippen molar-refractivity contribution in [3.05, 3.63) is 78.0 Å². The Labute approximate surface area is 156 Å². The number of allylic oxidation sites excluding steroid dienone is 1. The lowest BCUT2D eigenvalue weighted by Crippen LogP contribution is -2.22. The third-order valence-electron chi connectivity index (χ3n) is 3.77. The second-order valence-electron chi connectivity index (χ2n) is 5.68. The Kier molecular flexibility index (Phi) is 5.91. The van der Waals surface area contributed by atoms with Crippen LogP contribution in [0.2, 0.25) is 0 Å². The Hall–Kier alpha value is -2.80. The van der Waals surface area contributed by atoms with E-state index in [9.17, 15) is 4.79 Å². The van der Waals surface area contributed by atoms with Crippen LogP contribution >= 0.6 is 11.8 Å². The highest BCUT2D eigenvalue weighted by Gasteiger charge is 2.10. The molecule has 1 amide bonds. The van der Waals surface area contributed by atoms with Gasteiger partial charge < -0.3 is 14.3 Å². The Bertz CT molecular complexity index is 887. The van der Waals surface area contributed by atoms with E-state index < -0.39 is 0 Å². The minimum atomic E-state index is -0.126. The minimum absolute atomic E-state index is 0.126. The van der Waals surface area contributed by atoms with Gasteiger partial charge in [-0.3, -0.25) is 4.79 Å². The van der Waals surface area contributed by atoms with Gasteiger partial charge in [0.2, 0.25) is 0 Å². The lowest BCUT2D eigenvalue weighted by Gasteiger charge is -2.07. The topological polar surface area (TPSA) is 73.0 Å². The molecule has 0 aliphatic carbocycles. The number of thioether (sulfide) groups is 1. The van der Waals surface area contributed by atoms with E-state index in [0.717, 1.165) is 22.3 Å². The summed E-state index contributed by atoms with van der Waals surface area (Å²) < 4.78 is 7.24. The number of furan rings is 1. The third-order valence-corrected chi connectivity index (χ3v) is 4.81. The van der Waals surface area contributed by atoms with Crippen molar-refractivity contribution in [1.29, 1.82) is 0 Å². The lowest BCUT2D eigenvalue weighted by atomic mass is 10.1. The molecule has 6 nitrogen and oxygen atoms in total. The van der Waals surface area contributed by atoms with Crippen molar-refractivity contribution in [2.75, 3.05) is 0 Å². The molecule has 26 heavy (non-hydrogen) atoms. The van der Waals surface area contributed by atoms with E-state index >= 15 is 0 Å². The van der Waals surface area contributed by atoms with Crippen LogP contribution in [0.3, 0.4) is 0 Å². The molecular formula is C19H20N4O2S. The van der Waals surface area contributed by atoms with Crippen molar-refractivity contribution in [3.63, 3.8) is 0 Å². The predicted molar refractivity (Wildman–Crippen MR) is 101 cm³/mol. The van der Waals surface area contributed by atoms with Crippen molar-refractivity contribution in [2.24, 2.45) is 0 Å². The molecule has 2 aromatic heterocycles. The first kappa shape index (κ1) is 18.0. The second kappa shape index (κ2) is 8.53. The third kappa shape index (κ3) is 4.43. The normalized spacial score (nSPS) is 10.7. The smallest absolute Gasteiger partial charge is 0.251 e. The number of aromatic nitrogens is 3.